The standard InChI is InChI=1S/C24H28F3NO4/c25-24(26,27)23(30)32-22(29)14-16-28-15-13-20-11-7-12-21(18-20)31-17-6-2-5-10-19-8-3-1-4-9-19/h1,3-4,7-9,11-12,18,28H,2,5-6,10,13-17H2. The smallest absolute Gasteiger partial charge is 0.491 e. The Morgan fingerprint density at radius 1 is 0.844 bits per heavy atom. The van der Waals surface area contributed by atoms with Crippen molar-refractivity contribution in [2.75, 3.05) is 19.7 Å². The lowest BCUT2D eigenvalue weighted by molar-refractivity contribution is -0.201. The van der Waals surface area contributed by atoms with Crippen molar-refractivity contribution >= 4 is 11.9 Å². The summed E-state index contributed by atoms with van der Waals surface area (Å²) in [5.74, 6) is -2.91. The lowest BCUT2D eigenvalue weighted by Crippen LogP contribution is -2.29. The van der Waals surface area contributed by atoms with E-state index in [2.05, 4.69) is 34.3 Å². The van der Waals surface area contributed by atoms with Crippen molar-refractivity contribution in [2.24, 2.45) is 0 Å². The van der Waals surface area contributed by atoms with E-state index in [-0.39, 0.29) is 13.0 Å². The number of benzene rings is 2. The molecule has 1 N–H and O–H groups in total. The molecule has 0 amide bonds. The summed E-state index contributed by atoms with van der Waals surface area (Å²) in [6, 6.07) is 18.1. The molecule has 0 aromatic heterocycles. The maximum Gasteiger partial charge on any atom is 0.491 e. The van der Waals surface area contributed by atoms with Gasteiger partial charge in [-0.2, -0.15) is 13.2 Å². The number of rotatable bonds is 13. The molecule has 0 aliphatic carbocycles. The topological polar surface area (TPSA) is 64.6 Å². The molecule has 0 radical (unpaired) electrons. The largest absolute Gasteiger partial charge is 0.494 e. The summed E-state index contributed by atoms with van der Waals surface area (Å²) >= 11 is 0. The number of carbonyl (C=O) groups excluding carboxylic acids is 2. The van der Waals surface area contributed by atoms with Crippen molar-refractivity contribution in [3.63, 3.8) is 0 Å². The molecule has 0 aliphatic rings. The third kappa shape index (κ3) is 10.4. The van der Waals surface area contributed by atoms with E-state index in [0.717, 1.165) is 37.0 Å². The summed E-state index contributed by atoms with van der Waals surface area (Å²) in [7, 11) is 0. The Kier molecular flexibility index (Phi) is 10.7. The second-order valence-corrected chi connectivity index (χ2v) is 7.30. The van der Waals surface area contributed by atoms with Crippen LogP contribution in [0.25, 0.3) is 0 Å². The first-order valence-corrected chi connectivity index (χ1v) is 10.6. The van der Waals surface area contributed by atoms with E-state index in [1.807, 2.05) is 30.3 Å². The van der Waals surface area contributed by atoms with Gasteiger partial charge in [-0.25, -0.2) is 4.79 Å². The molecule has 0 saturated heterocycles. The molecule has 2 rings (SSSR count). The second kappa shape index (κ2) is 13.5. The van der Waals surface area contributed by atoms with Gasteiger partial charge in [-0.05, 0) is 61.9 Å². The molecule has 0 saturated carbocycles. The van der Waals surface area contributed by atoms with Crippen molar-refractivity contribution in [3.8, 4) is 5.75 Å². The Bertz CT molecular complexity index is 841. The summed E-state index contributed by atoms with van der Waals surface area (Å²) in [6.45, 7) is 1.28. The van der Waals surface area contributed by atoms with Crippen LogP contribution in [0.4, 0.5) is 13.2 Å². The van der Waals surface area contributed by atoms with Crippen molar-refractivity contribution in [1.82, 2.24) is 5.32 Å². The molecule has 0 heterocycles. The van der Waals surface area contributed by atoms with E-state index >= 15 is 0 Å². The number of hydrogen-bond acceptors (Lipinski definition) is 5. The first kappa shape index (κ1) is 25.4. The number of nitrogens with one attached hydrogen (secondary N) is 1. The SMILES string of the molecule is O=C(CCNCCc1cccc(OCCCCCc2ccccc2)c1)OC(=O)C(F)(F)F. The number of hydrogen-bond donors (Lipinski definition) is 1. The predicted molar refractivity (Wildman–Crippen MR) is 114 cm³/mol. The van der Waals surface area contributed by atoms with Crippen LogP contribution in [0, 0.1) is 0 Å². The molecule has 5 nitrogen and oxygen atoms in total. The van der Waals surface area contributed by atoms with Gasteiger partial charge >= 0.3 is 18.1 Å². The maximum atomic E-state index is 12.0. The highest BCUT2D eigenvalue weighted by Gasteiger charge is 2.42. The Morgan fingerprint density at radius 2 is 1.59 bits per heavy atom. The van der Waals surface area contributed by atoms with Crippen LogP contribution in [-0.4, -0.2) is 37.8 Å². The Labute approximate surface area is 185 Å². The van der Waals surface area contributed by atoms with Gasteiger partial charge in [0.25, 0.3) is 0 Å². The first-order valence-electron chi connectivity index (χ1n) is 10.6. The average Bonchev–Trinajstić information content (AvgIpc) is 2.76. The van der Waals surface area contributed by atoms with E-state index < -0.39 is 18.1 Å². The van der Waals surface area contributed by atoms with E-state index in [4.69, 9.17) is 4.74 Å². The fourth-order valence-corrected chi connectivity index (χ4v) is 2.99. The van der Waals surface area contributed by atoms with Crippen LogP contribution >= 0.6 is 0 Å². The zero-order valence-electron chi connectivity index (χ0n) is 17.8. The number of ether oxygens (including phenoxy) is 2. The molecular formula is C24H28F3NO4. The third-order valence-electron chi connectivity index (χ3n) is 4.65. The van der Waals surface area contributed by atoms with Gasteiger partial charge in [0.15, 0.2) is 0 Å². The van der Waals surface area contributed by atoms with Crippen molar-refractivity contribution < 1.29 is 32.2 Å². The monoisotopic (exact) mass is 451 g/mol. The van der Waals surface area contributed by atoms with Crippen molar-refractivity contribution in [2.45, 2.75) is 44.7 Å². The van der Waals surface area contributed by atoms with Crippen LogP contribution in [0.5, 0.6) is 5.75 Å². The number of esters is 2. The van der Waals surface area contributed by atoms with Gasteiger partial charge in [0.1, 0.15) is 5.75 Å². The minimum absolute atomic E-state index is 0.114. The quantitative estimate of drug-likeness (QED) is 0.273. The second-order valence-electron chi connectivity index (χ2n) is 7.30. The summed E-state index contributed by atoms with van der Waals surface area (Å²) in [5.41, 5.74) is 2.38. The molecule has 2 aromatic carbocycles. The molecule has 0 atom stereocenters. The van der Waals surface area contributed by atoms with Gasteiger partial charge in [0, 0.05) is 6.54 Å². The van der Waals surface area contributed by atoms with Crippen LogP contribution < -0.4 is 10.1 Å². The highest BCUT2D eigenvalue weighted by molar-refractivity contribution is 5.88. The molecule has 32 heavy (non-hydrogen) atoms. The molecule has 0 bridgehead atoms. The fourth-order valence-electron chi connectivity index (χ4n) is 2.99. The predicted octanol–water partition coefficient (Wildman–Crippen LogP) is 4.63. The molecule has 0 aliphatic heterocycles. The summed E-state index contributed by atoms with van der Waals surface area (Å²) < 4.78 is 45.6. The normalized spacial score (nSPS) is 11.2. The third-order valence-corrected chi connectivity index (χ3v) is 4.65. The number of carbonyl (C=O) groups is 2. The highest BCUT2D eigenvalue weighted by atomic mass is 19.4. The lowest BCUT2D eigenvalue weighted by Gasteiger charge is -2.09. The van der Waals surface area contributed by atoms with E-state index in [9.17, 15) is 22.8 Å². The van der Waals surface area contributed by atoms with Gasteiger partial charge < -0.3 is 14.8 Å². The fraction of sp³-hybridized carbons (Fsp3) is 0.417. The highest BCUT2D eigenvalue weighted by Crippen LogP contribution is 2.17. The minimum Gasteiger partial charge on any atom is -0.494 e. The van der Waals surface area contributed by atoms with E-state index in [1.165, 1.54) is 5.56 Å². The molecule has 0 fully saturated rings. The van der Waals surface area contributed by atoms with Gasteiger partial charge in [-0.15, -0.1) is 0 Å². The molecule has 0 unspecified atom stereocenters. The molecule has 174 valence electrons. The summed E-state index contributed by atoms with van der Waals surface area (Å²) in [5, 5.41) is 2.94. The molecule has 8 heteroatoms. The first-order chi connectivity index (χ1) is 15.3. The Hall–Kier alpha value is -2.87. The molecular weight excluding hydrogens is 423 g/mol. The van der Waals surface area contributed by atoms with Crippen LogP contribution in [0.2, 0.25) is 0 Å². The number of halogens is 3. The number of aryl methyl sites for hydroxylation is 1. The Morgan fingerprint density at radius 3 is 2.34 bits per heavy atom. The zero-order valence-corrected chi connectivity index (χ0v) is 17.8. The van der Waals surface area contributed by atoms with Gasteiger partial charge in [-0.1, -0.05) is 42.5 Å². The summed E-state index contributed by atoms with van der Waals surface area (Å²) in [4.78, 5) is 21.8. The average molecular weight is 451 g/mol. The van der Waals surface area contributed by atoms with Crippen LogP contribution in [0.3, 0.4) is 0 Å². The van der Waals surface area contributed by atoms with Gasteiger partial charge in [-0.3, -0.25) is 4.79 Å². The lowest BCUT2D eigenvalue weighted by atomic mass is 10.1. The summed E-state index contributed by atoms with van der Waals surface area (Å²) in [6.07, 6.45) is -0.573. The van der Waals surface area contributed by atoms with Crippen molar-refractivity contribution in [3.05, 3.63) is 65.7 Å². The number of alkyl halides is 3. The molecule has 0 spiro atoms. The van der Waals surface area contributed by atoms with Crippen molar-refractivity contribution in [1.29, 1.82) is 0 Å². The Balaban J connectivity index is 1.55. The van der Waals surface area contributed by atoms with Gasteiger partial charge in [0.05, 0.1) is 13.0 Å². The zero-order chi connectivity index (χ0) is 23.2. The van der Waals surface area contributed by atoms with E-state index in [0.29, 0.717) is 19.6 Å². The molecule has 2 aromatic rings. The number of unbranched alkanes of at least 4 members (excludes halogenated alkanes) is 2. The van der Waals surface area contributed by atoms with Gasteiger partial charge in [0.2, 0.25) is 0 Å². The van der Waals surface area contributed by atoms with Crippen LogP contribution in [0.15, 0.2) is 54.6 Å². The van der Waals surface area contributed by atoms with Crippen LogP contribution in [-0.2, 0) is 27.2 Å². The minimum atomic E-state index is -5.17. The maximum absolute atomic E-state index is 12.0. The van der Waals surface area contributed by atoms with Crippen LogP contribution in [0.1, 0.15) is 36.8 Å². The van der Waals surface area contributed by atoms with E-state index in [1.54, 1.807) is 0 Å².